The summed E-state index contributed by atoms with van der Waals surface area (Å²) in [5.74, 6) is -5.91. The molecule has 0 aliphatic carbocycles. The number of rotatable bonds is 15. The number of nitrogens with one attached hydrogen (secondary N) is 1. The molecule has 1 amide bonds. The summed E-state index contributed by atoms with van der Waals surface area (Å²) in [6.07, 6.45) is -0.769. The molecule has 0 saturated carbocycles. The largest absolute Gasteiger partial charge is 0.480 e. The molecule has 0 bridgehead atoms. The van der Waals surface area contributed by atoms with Crippen LogP contribution in [-0.4, -0.2) is 109 Å². The first kappa shape index (κ1) is 33.4. The number of likely N-dealkylation sites (tertiary alicyclic amines) is 1. The van der Waals surface area contributed by atoms with Gasteiger partial charge < -0.3 is 41.3 Å². The Bertz CT molecular complexity index is 942. The molecule has 1 aliphatic rings. The lowest BCUT2D eigenvalue weighted by Crippen LogP contribution is -2.54. The average molecular weight is 556 g/mol. The van der Waals surface area contributed by atoms with E-state index >= 15 is 0 Å². The molecule has 1 heterocycles. The molecule has 1 saturated heterocycles. The number of nitrogens with two attached hydrogens (primary N) is 1. The van der Waals surface area contributed by atoms with Gasteiger partial charge in [0, 0.05) is 6.54 Å². The highest BCUT2D eigenvalue weighted by Gasteiger charge is 2.38. The lowest BCUT2D eigenvalue weighted by atomic mass is 10.0. The van der Waals surface area contributed by atoms with E-state index in [1.54, 1.807) is 0 Å². The number of benzene rings is 1. The van der Waals surface area contributed by atoms with Crippen LogP contribution in [0.1, 0.15) is 44.1 Å². The van der Waals surface area contributed by atoms with Gasteiger partial charge >= 0.3 is 23.9 Å². The van der Waals surface area contributed by atoms with Gasteiger partial charge in [0.25, 0.3) is 0 Å². The molecule has 1 aromatic carbocycles. The van der Waals surface area contributed by atoms with Crippen LogP contribution in [-0.2, 0) is 30.4 Å². The van der Waals surface area contributed by atoms with Gasteiger partial charge in [-0.3, -0.25) is 14.9 Å². The van der Waals surface area contributed by atoms with Crippen LogP contribution in [0, 0.1) is 0 Å². The number of amides is 1. The van der Waals surface area contributed by atoms with E-state index in [1.807, 2.05) is 30.3 Å². The van der Waals surface area contributed by atoms with Gasteiger partial charge in [0.1, 0.15) is 12.1 Å². The molecule has 1 aromatic rings. The van der Waals surface area contributed by atoms with Gasteiger partial charge in [-0.05, 0) is 50.6 Å². The first-order chi connectivity index (χ1) is 18.4. The standard InChI is InChI=1S/C21H31N3O5.C4H6O6/c22-13-5-4-9-16(19(25)24-14-6-10-18(24)21(28)29)23-17(20(26)27)12-11-15-7-2-1-3-8-15;5-1(3(7)8)2(6)4(9)10/h1-3,7-8,16-18,23H,4-6,9-14,22H2,(H,26,27)(H,28,29);1-2,5-6H,(H,7,8)(H,9,10)/t16-,17-,18-;/m0./s1. The zero-order chi connectivity index (χ0) is 29.5. The van der Waals surface area contributed by atoms with Gasteiger partial charge in [0.05, 0.1) is 6.04 Å². The van der Waals surface area contributed by atoms with Crippen LogP contribution >= 0.6 is 0 Å². The minimum Gasteiger partial charge on any atom is -0.480 e. The third-order valence-electron chi connectivity index (χ3n) is 6.14. The van der Waals surface area contributed by atoms with Crippen molar-refractivity contribution in [1.29, 1.82) is 0 Å². The van der Waals surface area contributed by atoms with Crippen LogP contribution in [0.5, 0.6) is 0 Å². The van der Waals surface area contributed by atoms with Crippen LogP contribution in [0.2, 0.25) is 0 Å². The van der Waals surface area contributed by atoms with Crippen LogP contribution in [0.15, 0.2) is 30.3 Å². The van der Waals surface area contributed by atoms with Gasteiger partial charge in [-0.2, -0.15) is 0 Å². The molecule has 1 aliphatic heterocycles. The number of nitrogens with zero attached hydrogens (tertiary/aromatic N) is 1. The number of carbonyl (C=O) groups excluding carboxylic acids is 1. The minimum atomic E-state index is -2.27. The zero-order valence-electron chi connectivity index (χ0n) is 21.4. The summed E-state index contributed by atoms with van der Waals surface area (Å²) in [5, 5.41) is 54.6. The van der Waals surface area contributed by atoms with E-state index in [-0.39, 0.29) is 5.91 Å². The Morgan fingerprint density at radius 3 is 1.95 bits per heavy atom. The van der Waals surface area contributed by atoms with E-state index in [4.69, 9.17) is 26.2 Å². The van der Waals surface area contributed by atoms with Gasteiger partial charge in [-0.25, -0.2) is 14.4 Å². The monoisotopic (exact) mass is 555 g/mol. The minimum absolute atomic E-state index is 0.335. The second-order valence-corrected chi connectivity index (χ2v) is 9.01. The summed E-state index contributed by atoms with van der Waals surface area (Å²) in [7, 11) is 0. The average Bonchev–Trinajstić information content (AvgIpc) is 3.40. The fraction of sp³-hybridized carbons (Fsp3) is 0.560. The normalized spacial score (nSPS) is 17.7. The number of aliphatic hydroxyl groups excluding tert-OH is 2. The van der Waals surface area contributed by atoms with Crippen LogP contribution in [0.4, 0.5) is 0 Å². The lowest BCUT2D eigenvalue weighted by Gasteiger charge is -2.29. The molecule has 0 radical (unpaired) electrons. The Kier molecular flexibility index (Phi) is 14.7. The van der Waals surface area contributed by atoms with Crippen molar-refractivity contribution >= 4 is 29.8 Å². The number of carbonyl (C=O) groups is 5. The quantitative estimate of drug-likeness (QED) is 0.123. The van der Waals surface area contributed by atoms with Gasteiger partial charge in [0.15, 0.2) is 12.2 Å². The molecule has 5 atom stereocenters. The predicted molar refractivity (Wildman–Crippen MR) is 136 cm³/mol. The number of unbranched alkanes of at least 4 members (excludes halogenated alkanes) is 1. The van der Waals surface area contributed by atoms with Gasteiger partial charge in [-0.1, -0.05) is 36.8 Å². The van der Waals surface area contributed by atoms with Gasteiger partial charge in [0.2, 0.25) is 5.91 Å². The molecular formula is C25H37N3O11. The number of aliphatic carboxylic acids is 4. The molecule has 218 valence electrons. The van der Waals surface area contributed by atoms with Crippen molar-refractivity contribution in [2.75, 3.05) is 13.1 Å². The smallest absolute Gasteiger partial charge is 0.335 e. The topological polar surface area (TPSA) is 248 Å². The second kappa shape index (κ2) is 17.1. The summed E-state index contributed by atoms with van der Waals surface area (Å²) >= 11 is 0. The third kappa shape index (κ3) is 11.4. The van der Waals surface area contributed by atoms with E-state index in [1.165, 1.54) is 4.90 Å². The Morgan fingerprint density at radius 1 is 0.872 bits per heavy atom. The maximum atomic E-state index is 13.1. The SMILES string of the molecule is NCCCC[C@H](N[C@@H](CCc1ccccc1)C(=O)O)C(=O)N1CCC[C@H]1C(=O)O.O=C(O)C(O)C(O)C(=O)O. The lowest BCUT2D eigenvalue weighted by molar-refractivity contribution is -0.165. The Hall–Kier alpha value is -3.59. The van der Waals surface area contributed by atoms with Crippen LogP contribution < -0.4 is 11.1 Å². The molecule has 14 nitrogen and oxygen atoms in total. The molecule has 1 fully saturated rings. The van der Waals surface area contributed by atoms with E-state index in [0.717, 1.165) is 12.0 Å². The van der Waals surface area contributed by atoms with Crippen LogP contribution in [0.25, 0.3) is 0 Å². The zero-order valence-corrected chi connectivity index (χ0v) is 21.4. The molecule has 9 N–H and O–H groups in total. The maximum Gasteiger partial charge on any atom is 0.335 e. The summed E-state index contributed by atoms with van der Waals surface area (Å²) < 4.78 is 0. The van der Waals surface area contributed by atoms with E-state index < -0.39 is 54.2 Å². The van der Waals surface area contributed by atoms with E-state index in [2.05, 4.69) is 5.32 Å². The maximum absolute atomic E-state index is 13.1. The molecule has 2 unspecified atom stereocenters. The van der Waals surface area contributed by atoms with E-state index in [9.17, 15) is 34.2 Å². The summed E-state index contributed by atoms with van der Waals surface area (Å²) in [5.41, 5.74) is 6.57. The fourth-order valence-corrected chi connectivity index (χ4v) is 4.01. The summed E-state index contributed by atoms with van der Waals surface area (Å²) in [6, 6.07) is 7.10. The summed E-state index contributed by atoms with van der Waals surface area (Å²) in [6.45, 7) is 0.866. The molecule has 0 spiro atoms. The third-order valence-corrected chi connectivity index (χ3v) is 6.14. The van der Waals surface area contributed by atoms with Crippen molar-refractivity contribution in [2.45, 2.75) is 75.3 Å². The molecule has 2 rings (SSSR count). The van der Waals surface area contributed by atoms with Crippen molar-refractivity contribution in [3.05, 3.63) is 35.9 Å². The second-order valence-electron chi connectivity index (χ2n) is 9.01. The Morgan fingerprint density at radius 2 is 1.46 bits per heavy atom. The first-order valence-corrected chi connectivity index (χ1v) is 12.5. The molecule has 0 aromatic heterocycles. The number of carboxylic acids is 4. The predicted octanol–water partition coefficient (Wildman–Crippen LogP) is -0.887. The molecule has 14 heteroatoms. The van der Waals surface area contributed by atoms with Crippen molar-refractivity contribution in [1.82, 2.24) is 10.2 Å². The van der Waals surface area contributed by atoms with Gasteiger partial charge in [-0.15, -0.1) is 0 Å². The van der Waals surface area contributed by atoms with E-state index in [0.29, 0.717) is 51.6 Å². The highest BCUT2D eigenvalue weighted by molar-refractivity contribution is 5.88. The number of hydrogen-bond donors (Lipinski definition) is 8. The Labute approximate surface area is 225 Å². The molecular weight excluding hydrogens is 518 g/mol. The van der Waals surface area contributed by atoms with Crippen molar-refractivity contribution < 1.29 is 54.6 Å². The highest BCUT2D eigenvalue weighted by Crippen LogP contribution is 2.20. The summed E-state index contributed by atoms with van der Waals surface area (Å²) in [4.78, 5) is 57.2. The highest BCUT2D eigenvalue weighted by atomic mass is 16.4. The number of aliphatic hydroxyl groups is 2. The first-order valence-electron chi connectivity index (χ1n) is 12.5. The van der Waals surface area contributed by atoms with Crippen molar-refractivity contribution in [3.8, 4) is 0 Å². The van der Waals surface area contributed by atoms with Crippen molar-refractivity contribution in [3.63, 3.8) is 0 Å². The van der Waals surface area contributed by atoms with Crippen molar-refractivity contribution in [2.24, 2.45) is 5.73 Å². The molecule has 39 heavy (non-hydrogen) atoms. The number of carboxylic acid groups (broad SMARTS) is 4. The van der Waals surface area contributed by atoms with Crippen LogP contribution in [0.3, 0.4) is 0 Å². The Balaban J connectivity index is 0.000000646. The number of hydrogen-bond acceptors (Lipinski definition) is 9. The fourth-order valence-electron chi connectivity index (χ4n) is 4.01. The number of aryl methyl sites for hydroxylation is 1.